The molecule has 1 aliphatic rings. The summed E-state index contributed by atoms with van der Waals surface area (Å²) in [7, 11) is 0. The summed E-state index contributed by atoms with van der Waals surface area (Å²) in [6.07, 6.45) is 6.76. The van der Waals surface area contributed by atoms with Crippen molar-refractivity contribution in [3.05, 3.63) is 0 Å². The van der Waals surface area contributed by atoms with Crippen molar-refractivity contribution in [3.63, 3.8) is 0 Å². The number of hydrogen-bond donors (Lipinski definition) is 1. The summed E-state index contributed by atoms with van der Waals surface area (Å²) in [6, 6.07) is 0. The van der Waals surface area contributed by atoms with Crippen LogP contribution in [0.2, 0.25) is 0 Å². The molecule has 3 nitrogen and oxygen atoms in total. The van der Waals surface area contributed by atoms with Crippen molar-refractivity contribution >= 4 is 0 Å². The third-order valence-electron chi connectivity index (χ3n) is 2.76. The minimum atomic E-state index is 0.182. The average molecular weight is 201 g/mol. The Balaban J connectivity index is 2.00. The molecule has 14 heavy (non-hydrogen) atoms. The summed E-state index contributed by atoms with van der Waals surface area (Å²) in [4.78, 5) is 0. The second-order valence-corrected chi connectivity index (χ2v) is 3.88. The van der Waals surface area contributed by atoms with Gasteiger partial charge >= 0.3 is 0 Å². The van der Waals surface area contributed by atoms with Crippen LogP contribution in [0.1, 0.15) is 39.0 Å². The van der Waals surface area contributed by atoms with Crippen molar-refractivity contribution in [2.45, 2.75) is 51.2 Å². The highest BCUT2D eigenvalue weighted by Crippen LogP contribution is 2.21. The molecule has 1 atom stereocenters. The molecule has 0 radical (unpaired) electrons. The Hall–Kier alpha value is -0.120. The van der Waals surface area contributed by atoms with E-state index < -0.39 is 0 Å². The molecule has 1 fully saturated rings. The third kappa shape index (κ3) is 4.40. The zero-order valence-corrected chi connectivity index (χ0v) is 9.21. The Kier molecular flexibility index (Phi) is 6.15. The fourth-order valence-corrected chi connectivity index (χ4v) is 1.93. The molecule has 84 valence electrons. The fourth-order valence-electron chi connectivity index (χ4n) is 1.93. The van der Waals surface area contributed by atoms with E-state index in [0.29, 0.717) is 12.6 Å². The van der Waals surface area contributed by atoms with Crippen LogP contribution >= 0.6 is 0 Å². The van der Waals surface area contributed by atoms with Crippen LogP contribution < -0.4 is 5.73 Å². The second kappa shape index (κ2) is 7.21. The van der Waals surface area contributed by atoms with Gasteiger partial charge in [-0.25, -0.2) is 0 Å². The molecule has 0 amide bonds. The summed E-state index contributed by atoms with van der Waals surface area (Å²) in [5.74, 6) is 0. The van der Waals surface area contributed by atoms with Gasteiger partial charge in [-0.15, -0.1) is 0 Å². The molecule has 0 aromatic carbocycles. The summed E-state index contributed by atoms with van der Waals surface area (Å²) in [5, 5.41) is 0. The van der Waals surface area contributed by atoms with E-state index in [1.54, 1.807) is 0 Å². The summed E-state index contributed by atoms with van der Waals surface area (Å²) in [5.41, 5.74) is 5.57. The van der Waals surface area contributed by atoms with Gasteiger partial charge in [0.15, 0.2) is 0 Å². The van der Waals surface area contributed by atoms with E-state index in [0.717, 1.165) is 19.6 Å². The Morgan fingerprint density at radius 2 is 2.07 bits per heavy atom. The fraction of sp³-hybridized carbons (Fsp3) is 1.00. The van der Waals surface area contributed by atoms with Crippen LogP contribution in [0.4, 0.5) is 0 Å². The van der Waals surface area contributed by atoms with Crippen LogP contribution in [0.15, 0.2) is 0 Å². The van der Waals surface area contributed by atoms with E-state index in [1.807, 2.05) is 6.92 Å². The first kappa shape index (κ1) is 12.0. The Morgan fingerprint density at radius 1 is 1.36 bits per heavy atom. The SMILES string of the molecule is CCOC(CN)CCOC1CCCC1. The molecule has 0 heterocycles. The number of ether oxygens (including phenoxy) is 2. The molecular weight excluding hydrogens is 178 g/mol. The molecule has 0 aromatic rings. The van der Waals surface area contributed by atoms with Crippen molar-refractivity contribution in [1.29, 1.82) is 0 Å². The van der Waals surface area contributed by atoms with Crippen LogP contribution in [0.3, 0.4) is 0 Å². The number of rotatable bonds is 7. The minimum Gasteiger partial charge on any atom is -0.378 e. The van der Waals surface area contributed by atoms with E-state index >= 15 is 0 Å². The lowest BCUT2D eigenvalue weighted by molar-refractivity contribution is 0.00803. The van der Waals surface area contributed by atoms with Gasteiger partial charge in [-0.2, -0.15) is 0 Å². The van der Waals surface area contributed by atoms with Crippen LogP contribution in [-0.2, 0) is 9.47 Å². The first-order chi connectivity index (χ1) is 6.86. The number of hydrogen-bond acceptors (Lipinski definition) is 3. The van der Waals surface area contributed by atoms with Crippen LogP contribution in [-0.4, -0.2) is 32.0 Å². The molecule has 0 aromatic heterocycles. The largest absolute Gasteiger partial charge is 0.378 e. The quantitative estimate of drug-likeness (QED) is 0.682. The molecular formula is C11H23NO2. The zero-order valence-electron chi connectivity index (χ0n) is 9.21. The van der Waals surface area contributed by atoms with Crippen molar-refractivity contribution in [1.82, 2.24) is 0 Å². The van der Waals surface area contributed by atoms with Crippen molar-refractivity contribution in [2.75, 3.05) is 19.8 Å². The lowest BCUT2D eigenvalue weighted by Crippen LogP contribution is -2.26. The van der Waals surface area contributed by atoms with E-state index in [1.165, 1.54) is 25.7 Å². The predicted molar refractivity (Wildman–Crippen MR) is 57.3 cm³/mol. The van der Waals surface area contributed by atoms with Gasteiger partial charge in [0.05, 0.1) is 12.2 Å². The molecule has 2 N–H and O–H groups in total. The van der Waals surface area contributed by atoms with Crippen molar-refractivity contribution in [2.24, 2.45) is 5.73 Å². The normalized spacial score (nSPS) is 20.1. The van der Waals surface area contributed by atoms with E-state index in [-0.39, 0.29) is 6.10 Å². The molecule has 1 saturated carbocycles. The topological polar surface area (TPSA) is 44.5 Å². The molecule has 3 heteroatoms. The number of nitrogens with two attached hydrogens (primary N) is 1. The maximum absolute atomic E-state index is 5.75. The second-order valence-electron chi connectivity index (χ2n) is 3.88. The minimum absolute atomic E-state index is 0.182. The lowest BCUT2D eigenvalue weighted by atomic mass is 10.2. The smallest absolute Gasteiger partial charge is 0.0719 e. The van der Waals surface area contributed by atoms with Crippen LogP contribution in [0.25, 0.3) is 0 Å². The van der Waals surface area contributed by atoms with Gasteiger partial charge in [0.1, 0.15) is 0 Å². The Bertz CT molecular complexity index is 135. The first-order valence-electron chi connectivity index (χ1n) is 5.80. The standard InChI is InChI=1S/C11H23NO2/c1-2-13-11(9-12)7-8-14-10-5-3-4-6-10/h10-11H,2-9,12H2,1H3. The highest BCUT2D eigenvalue weighted by atomic mass is 16.5. The van der Waals surface area contributed by atoms with E-state index in [4.69, 9.17) is 15.2 Å². The van der Waals surface area contributed by atoms with Gasteiger partial charge in [0.2, 0.25) is 0 Å². The molecule has 0 aliphatic heterocycles. The predicted octanol–water partition coefficient (Wildman–Crippen LogP) is 1.70. The summed E-state index contributed by atoms with van der Waals surface area (Å²) >= 11 is 0. The van der Waals surface area contributed by atoms with Gasteiger partial charge in [-0.3, -0.25) is 0 Å². The molecule has 0 saturated heterocycles. The average Bonchev–Trinajstić information content (AvgIpc) is 2.69. The molecule has 1 aliphatic carbocycles. The van der Waals surface area contributed by atoms with E-state index in [2.05, 4.69) is 0 Å². The summed E-state index contributed by atoms with van der Waals surface area (Å²) in [6.45, 7) is 4.14. The first-order valence-corrected chi connectivity index (χ1v) is 5.80. The van der Waals surface area contributed by atoms with Gasteiger partial charge in [-0.1, -0.05) is 12.8 Å². The highest BCUT2D eigenvalue weighted by molar-refractivity contribution is 4.67. The third-order valence-corrected chi connectivity index (χ3v) is 2.76. The molecule has 1 rings (SSSR count). The van der Waals surface area contributed by atoms with Crippen LogP contribution in [0.5, 0.6) is 0 Å². The van der Waals surface area contributed by atoms with Gasteiger partial charge in [0, 0.05) is 19.8 Å². The van der Waals surface area contributed by atoms with Crippen molar-refractivity contribution < 1.29 is 9.47 Å². The zero-order chi connectivity index (χ0) is 10.2. The monoisotopic (exact) mass is 201 g/mol. The van der Waals surface area contributed by atoms with Gasteiger partial charge in [-0.05, 0) is 26.2 Å². The maximum Gasteiger partial charge on any atom is 0.0719 e. The summed E-state index contributed by atoms with van der Waals surface area (Å²) < 4.78 is 11.2. The van der Waals surface area contributed by atoms with Gasteiger partial charge in [0.25, 0.3) is 0 Å². The van der Waals surface area contributed by atoms with E-state index in [9.17, 15) is 0 Å². The Morgan fingerprint density at radius 3 is 2.64 bits per heavy atom. The molecule has 0 spiro atoms. The maximum atomic E-state index is 5.75. The highest BCUT2D eigenvalue weighted by Gasteiger charge is 2.15. The lowest BCUT2D eigenvalue weighted by Gasteiger charge is -2.16. The molecule has 0 bridgehead atoms. The Labute approximate surface area is 86.9 Å². The van der Waals surface area contributed by atoms with Gasteiger partial charge < -0.3 is 15.2 Å². The van der Waals surface area contributed by atoms with Crippen molar-refractivity contribution in [3.8, 4) is 0 Å². The van der Waals surface area contributed by atoms with Crippen LogP contribution in [0, 0.1) is 0 Å². The molecule has 1 unspecified atom stereocenters.